The maximum atomic E-state index is 11.9. The summed E-state index contributed by atoms with van der Waals surface area (Å²) in [7, 11) is 1.39. The summed E-state index contributed by atoms with van der Waals surface area (Å²) in [5, 5.41) is 0. The van der Waals surface area contributed by atoms with Gasteiger partial charge in [-0.15, -0.1) is 0 Å². The van der Waals surface area contributed by atoms with E-state index in [9.17, 15) is 14.4 Å². The van der Waals surface area contributed by atoms with Crippen LogP contribution in [0.3, 0.4) is 0 Å². The van der Waals surface area contributed by atoms with Crippen LogP contribution in [0.4, 0.5) is 0 Å². The van der Waals surface area contributed by atoms with Crippen LogP contribution in [-0.2, 0) is 28.6 Å². The molecule has 110 valence electrons. The van der Waals surface area contributed by atoms with Crippen LogP contribution in [0, 0.1) is 11.8 Å². The van der Waals surface area contributed by atoms with Crippen molar-refractivity contribution in [1.82, 2.24) is 0 Å². The van der Waals surface area contributed by atoms with Gasteiger partial charge in [0.05, 0.1) is 19.8 Å². The number of methoxy groups -OCH3 is 1. The number of hydrogen-bond acceptors (Lipinski definition) is 6. The van der Waals surface area contributed by atoms with Crippen molar-refractivity contribution in [3.63, 3.8) is 0 Å². The van der Waals surface area contributed by atoms with Crippen molar-refractivity contribution in [1.29, 1.82) is 0 Å². The maximum absolute atomic E-state index is 11.9. The van der Waals surface area contributed by atoms with Crippen molar-refractivity contribution in [2.24, 2.45) is 11.8 Å². The van der Waals surface area contributed by atoms with E-state index in [4.69, 9.17) is 14.2 Å². The second-order valence-electron chi connectivity index (χ2n) is 3.86. The molecule has 0 bridgehead atoms. The van der Waals surface area contributed by atoms with Crippen molar-refractivity contribution < 1.29 is 28.6 Å². The molecule has 0 saturated carbocycles. The van der Waals surface area contributed by atoms with E-state index in [1.165, 1.54) is 7.11 Å². The van der Waals surface area contributed by atoms with Gasteiger partial charge < -0.3 is 14.2 Å². The zero-order valence-electron chi connectivity index (χ0n) is 11.9. The van der Waals surface area contributed by atoms with E-state index < -0.39 is 23.8 Å². The number of esters is 2. The number of ether oxygens (including phenoxy) is 3. The van der Waals surface area contributed by atoms with Crippen LogP contribution in [0.5, 0.6) is 0 Å². The van der Waals surface area contributed by atoms with Crippen molar-refractivity contribution in [3.05, 3.63) is 0 Å². The second-order valence-corrected chi connectivity index (χ2v) is 3.86. The van der Waals surface area contributed by atoms with E-state index in [1.54, 1.807) is 20.8 Å². The van der Waals surface area contributed by atoms with E-state index in [1.807, 2.05) is 0 Å². The van der Waals surface area contributed by atoms with Gasteiger partial charge >= 0.3 is 11.9 Å². The third kappa shape index (κ3) is 5.38. The predicted molar refractivity (Wildman–Crippen MR) is 67.4 cm³/mol. The van der Waals surface area contributed by atoms with Gasteiger partial charge in [-0.25, -0.2) is 0 Å². The SMILES string of the molecule is CCOC(=O)[C@@H](C(=O)CC)[C@H](COC)C(=O)OCC. The molecule has 2 atom stereocenters. The van der Waals surface area contributed by atoms with Crippen molar-refractivity contribution in [2.45, 2.75) is 27.2 Å². The molecule has 0 fully saturated rings. The first-order valence-electron chi connectivity index (χ1n) is 6.38. The van der Waals surface area contributed by atoms with Crippen molar-refractivity contribution in [2.75, 3.05) is 26.9 Å². The highest BCUT2D eigenvalue weighted by molar-refractivity contribution is 6.02. The first kappa shape index (κ1) is 17.6. The Labute approximate surface area is 113 Å². The number of hydrogen-bond donors (Lipinski definition) is 0. The third-order valence-corrected chi connectivity index (χ3v) is 2.57. The van der Waals surface area contributed by atoms with Crippen LogP contribution in [0.15, 0.2) is 0 Å². The Morgan fingerprint density at radius 1 is 0.947 bits per heavy atom. The Balaban J connectivity index is 5.17. The number of rotatable bonds is 9. The van der Waals surface area contributed by atoms with Crippen LogP contribution in [0.1, 0.15) is 27.2 Å². The molecule has 0 rings (SSSR count). The van der Waals surface area contributed by atoms with Gasteiger partial charge in [-0.1, -0.05) is 6.92 Å². The van der Waals surface area contributed by atoms with E-state index in [-0.39, 0.29) is 32.0 Å². The molecule has 0 spiro atoms. The smallest absolute Gasteiger partial charge is 0.317 e. The minimum atomic E-state index is -1.16. The summed E-state index contributed by atoms with van der Waals surface area (Å²) >= 11 is 0. The van der Waals surface area contributed by atoms with Crippen LogP contribution >= 0.6 is 0 Å². The number of carbonyl (C=O) groups is 3. The highest BCUT2D eigenvalue weighted by Gasteiger charge is 2.40. The minimum absolute atomic E-state index is 0.0615. The van der Waals surface area contributed by atoms with Crippen LogP contribution < -0.4 is 0 Å². The predicted octanol–water partition coefficient (Wildman–Crippen LogP) is 0.970. The fourth-order valence-corrected chi connectivity index (χ4v) is 1.70. The Kier molecular flexibility index (Phi) is 8.78. The lowest BCUT2D eigenvalue weighted by Gasteiger charge is -2.22. The van der Waals surface area contributed by atoms with Gasteiger partial charge in [0, 0.05) is 13.5 Å². The fraction of sp³-hybridized carbons (Fsp3) is 0.769. The Morgan fingerprint density at radius 2 is 1.47 bits per heavy atom. The quantitative estimate of drug-likeness (QED) is 0.460. The summed E-state index contributed by atoms with van der Waals surface area (Å²) in [4.78, 5) is 35.6. The van der Waals surface area contributed by atoms with Gasteiger partial charge in [-0.3, -0.25) is 14.4 Å². The zero-order valence-corrected chi connectivity index (χ0v) is 11.9. The summed E-state index contributed by atoms with van der Waals surface area (Å²) in [5.74, 6) is -3.80. The molecule has 0 radical (unpaired) electrons. The largest absolute Gasteiger partial charge is 0.466 e. The first-order valence-corrected chi connectivity index (χ1v) is 6.38. The van der Waals surface area contributed by atoms with Crippen LogP contribution in [0.2, 0.25) is 0 Å². The number of carbonyl (C=O) groups excluding carboxylic acids is 3. The molecule has 0 aromatic rings. The molecule has 0 heterocycles. The lowest BCUT2D eigenvalue weighted by Crippen LogP contribution is -2.40. The van der Waals surface area contributed by atoms with Crippen LogP contribution in [0.25, 0.3) is 0 Å². The van der Waals surface area contributed by atoms with Gasteiger partial charge in [0.2, 0.25) is 0 Å². The van der Waals surface area contributed by atoms with E-state index in [0.29, 0.717) is 0 Å². The van der Waals surface area contributed by atoms with E-state index >= 15 is 0 Å². The summed E-state index contributed by atoms with van der Waals surface area (Å²) < 4.78 is 14.7. The zero-order chi connectivity index (χ0) is 14.8. The van der Waals surface area contributed by atoms with Crippen molar-refractivity contribution >= 4 is 17.7 Å². The fourth-order valence-electron chi connectivity index (χ4n) is 1.70. The molecule has 0 aromatic heterocycles. The third-order valence-electron chi connectivity index (χ3n) is 2.57. The summed E-state index contributed by atoms with van der Waals surface area (Å²) in [6, 6.07) is 0. The van der Waals surface area contributed by atoms with E-state index in [2.05, 4.69) is 0 Å². The molecule has 0 amide bonds. The van der Waals surface area contributed by atoms with Gasteiger partial charge in [0.25, 0.3) is 0 Å². The average Bonchev–Trinajstić information content (AvgIpc) is 2.38. The molecule has 0 aliphatic rings. The topological polar surface area (TPSA) is 78.9 Å². The molecular weight excluding hydrogens is 252 g/mol. The minimum Gasteiger partial charge on any atom is -0.466 e. The molecule has 0 aliphatic carbocycles. The monoisotopic (exact) mass is 274 g/mol. The van der Waals surface area contributed by atoms with Gasteiger partial charge in [0.15, 0.2) is 0 Å². The molecule has 0 unspecified atom stereocenters. The molecule has 0 N–H and O–H groups in total. The molecule has 0 saturated heterocycles. The lowest BCUT2D eigenvalue weighted by molar-refractivity contribution is -0.165. The van der Waals surface area contributed by atoms with E-state index in [0.717, 1.165) is 0 Å². The molecule has 6 nitrogen and oxygen atoms in total. The lowest BCUT2D eigenvalue weighted by atomic mass is 9.88. The Hall–Kier alpha value is -1.43. The standard InChI is InChI=1S/C13H22O6/c1-5-10(14)11(13(16)19-7-3)9(8-17-4)12(15)18-6-2/h9,11H,5-8H2,1-4H3/t9-,11+/m0/s1. The summed E-state index contributed by atoms with van der Waals surface area (Å²) in [6.45, 7) is 5.19. The highest BCUT2D eigenvalue weighted by Crippen LogP contribution is 2.19. The molecule has 0 aliphatic heterocycles. The van der Waals surface area contributed by atoms with Crippen LogP contribution in [-0.4, -0.2) is 44.7 Å². The molecule has 6 heteroatoms. The first-order chi connectivity index (χ1) is 9.03. The normalized spacial score (nSPS) is 13.5. The summed E-state index contributed by atoms with van der Waals surface area (Å²) in [6.07, 6.45) is 0.142. The maximum Gasteiger partial charge on any atom is 0.317 e. The Bertz CT molecular complexity index is 312. The second kappa shape index (κ2) is 9.49. The number of Topliss-reactive ketones (excluding diaryl/α,β-unsaturated/α-hetero) is 1. The number of ketones is 1. The highest BCUT2D eigenvalue weighted by atomic mass is 16.5. The Morgan fingerprint density at radius 3 is 1.89 bits per heavy atom. The van der Waals surface area contributed by atoms with Gasteiger partial charge in [-0.05, 0) is 13.8 Å². The molecule has 19 heavy (non-hydrogen) atoms. The van der Waals surface area contributed by atoms with Gasteiger partial charge in [0.1, 0.15) is 17.6 Å². The van der Waals surface area contributed by atoms with Gasteiger partial charge in [-0.2, -0.15) is 0 Å². The molecule has 0 aromatic carbocycles. The molecular formula is C13H22O6. The average molecular weight is 274 g/mol. The van der Waals surface area contributed by atoms with Crippen molar-refractivity contribution in [3.8, 4) is 0 Å². The summed E-state index contributed by atoms with van der Waals surface area (Å²) in [5.41, 5.74) is 0.